The molecule has 0 amide bonds. The average molecular weight is 574 g/mol. The third-order valence-corrected chi connectivity index (χ3v) is 8.65. The van der Waals surface area contributed by atoms with Gasteiger partial charge in [0.25, 0.3) is 0 Å². The molecule has 0 bridgehead atoms. The van der Waals surface area contributed by atoms with Gasteiger partial charge in [-0.15, -0.1) is 0 Å². The van der Waals surface area contributed by atoms with Gasteiger partial charge in [0.1, 0.15) is 0 Å². The Hall–Kier alpha value is -5.92. The van der Waals surface area contributed by atoms with Crippen LogP contribution in [0.15, 0.2) is 182 Å². The van der Waals surface area contributed by atoms with Crippen LogP contribution in [0.25, 0.3) is 66.1 Å². The highest BCUT2D eigenvalue weighted by Gasteiger charge is 2.08. The Morgan fingerprint density at radius 3 is 1.11 bits per heavy atom. The van der Waals surface area contributed by atoms with Gasteiger partial charge in [-0.1, -0.05) is 146 Å². The zero-order valence-corrected chi connectivity index (χ0v) is 24.8. The molecule has 0 unspecified atom stereocenters. The molecule has 8 aromatic carbocycles. The van der Waals surface area contributed by atoms with Gasteiger partial charge in [0, 0.05) is 11.4 Å². The SMILES string of the molecule is c1cc(-c2ccc(Nc3ccc(-c4cccc(-c5cccc6ccccc56)c4)cc3)cc2)cc(-c2cccc3ccccc23)c1. The maximum absolute atomic E-state index is 3.58. The number of rotatable bonds is 6. The molecule has 0 saturated carbocycles. The first kappa shape index (κ1) is 26.7. The van der Waals surface area contributed by atoms with Crippen molar-refractivity contribution in [1.82, 2.24) is 0 Å². The molecule has 0 heterocycles. The molecule has 212 valence electrons. The molecule has 1 nitrogen and oxygen atoms in total. The topological polar surface area (TPSA) is 12.0 Å². The van der Waals surface area contributed by atoms with Crippen molar-refractivity contribution in [3.05, 3.63) is 182 Å². The molecule has 0 atom stereocenters. The molecule has 8 rings (SSSR count). The standard InChI is InChI=1S/C44H31N/c1-3-17-41-33(9-1)11-7-19-43(41)37-15-5-13-35(29-37)31-21-25-39(26-22-31)45-40-27-23-32(24-28-40)36-14-6-16-38(30-36)44-20-8-12-34-10-2-4-18-42(34)44/h1-30,45H. The fourth-order valence-electron chi connectivity index (χ4n) is 6.35. The van der Waals surface area contributed by atoms with E-state index in [-0.39, 0.29) is 0 Å². The molecule has 1 heteroatoms. The molecule has 0 aliphatic carbocycles. The zero-order valence-electron chi connectivity index (χ0n) is 24.8. The Labute approximate surface area is 264 Å². The minimum atomic E-state index is 1.06. The molecule has 0 saturated heterocycles. The summed E-state index contributed by atoms with van der Waals surface area (Å²) in [7, 11) is 0. The van der Waals surface area contributed by atoms with Crippen LogP contribution < -0.4 is 5.32 Å². The van der Waals surface area contributed by atoms with Crippen LogP contribution in [0.3, 0.4) is 0 Å². The number of benzene rings is 8. The second-order valence-corrected chi connectivity index (χ2v) is 11.5. The van der Waals surface area contributed by atoms with Gasteiger partial charge in [-0.25, -0.2) is 0 Å². The normalized spacial score (nSPS) is 11.1. The van der Waals surface area contributed by atoms with Crippen LogP contribution in [-0.4, -0.2) is 0 Å². The Bertz CT molecular complexity index is 2100. The lowest BCUT2D eigenvalue weighted by atomic mass is 9.95. The van der Waals surface area contributed by atoms with E-state index >= 15 is 0 Å². The molecular formula is C44H31N. The van der Waals surface area contributed by atoms with E-state index in [9.17, 15) is 0 Å². The predicted octanol–water partition coefficient (Wildman–Crippen LogP) is 12.4. The van der Waals surface area contributed by atoms with Crippen molar-refractivity contribution < 1.29 is 0 Å². The fraction of sp³-hybridized carbons (Fsp3) is 0. The monoisotopic (exact) mass is 573 g/mol. The zero-order chi connectivity index (χ0) is 30.0. The first-order valence-electron chi connectivity index (χ1n) is 15.4. The minimum absolute atomic E-state index is 1.06. The van der Waals surface area contributed by atoms with Crippen LogP contribution in [-0.2, 0) is 0 Å². The summed E-state index contributed by atoms with van der Waals surface area (Å²) >= 11 is 0. The van der Waals surface area contributed by atoms with Gasteiger partial charge < -0.3 is 5.32 Å². The van der Waals surface area contributed by atoms with Gasteiger partial charge in [-0.05, 0) is 102 Å². The van der Waals surface area contributed by atoms with Crippen molar-refractivity contribution in [3.8, 4) is 44.5 Å². The maximum atomic E-state index is 3.58. The molecule has 0 fully saturated rings. The summed E-state index contributed by atoms with van der Waals surface area (Å²) in [5.74, 6) is 0. The van der Waals surface area contributed by atoms with Gasteiger partial charge in [0.15, 0.2) is 0 Å². The van der Waals surface area contributed by atoms with E-state index in [2.05, 4.69) is 187 Å². The van der Waals surface area contributed by atoms with Crippen LogP contribution >= 0.6 is 0 Å². The summed E-state index contributed by atoms with van der Waals surface area (Å²) in [6.45, 7) is 0. The summed E-state index contributed by atoms with van der Waals surface area (Å²) in [5.41, 5.74) is 11.9. The van der Waals surface area contributed by atoms with E-state index in [1.54, 1.807) is 0 Å². The summed E-state index contributed by atoms with van der Waals surface area (Å²) < 4.78 is 0. The minimum Gasteiger partial charge on any atom is -0.356 e. The largest absolute Gasteiger partial charge is 0.356 e. The molecule has 45 heavy (non-hydrogen) atoms. The average Bonchev–Trinajstić information content (AvgIpc) is 3.12. The number of anilines is 2. The third-order valence-electron chi connectivity index (χ3n) is 8.65. The Kier molecular flexibility index (Phi) is 6.90. The molecule has 0 spiro atoms. The molecule has 0 radical (unpaired) electrons. The van der Waals surface area contributed by atoms with E-state index in [4.69, 9.17) is 0 Å². The number of hydrogen-bond donors (Lipinski definition) is 1. The van der Waals surface area contributed by atoms with Crippen LogP contribution in [0.5, 0.6) is 0 Å². The van der Waals surface area contributed by atoms with E-state index in [1.165, 1.54) is 66.1 Å². The predicted molar refractivity (Wildman–Crippen MR) is 193 cm³/mol. The van der Waals surface area contributed by atoms with Crippen molar-refractivity contribution in [3.63, 3.8) is 0 Å². The van der Waals surface area contributed by atoms with E-state index < -0.39 is 0 Å². The van der Waals surface area contributed by atoms with Gasteiger partial charge in [0.05, 0.1) is 0 Å². The van der Waals surface area contributed by atoms with Gasteiger partial charge >= 0.3 is 0 Å². The van der Waals surface area contributed by atoms with Crippen molar-refractivity contribution in [2.24, 2.45) is 0 Å². The van der Waals surface area contributed by atoms with Gasteiger partial charge in [-0.3, -0.25) is 0 Å². The van der Waals surface area contributed by atoms with Crippen molar-refractivity contribution >= 4 is 32.9 Å². The Balaban J connectivity index is 1.000. The Morgan fingerprint density at radius 1 is 0.267 bits per heavy atom. The second kappa shape index (κ2) is 11.6. The van der Waals surface area contributed by atoms with Crippen LogP contribution in [0.2, 0.25) is 0 Å². The van der Waals surface area contributed by atoms with Crippen LogP contribution in [0.1, 0.15) is 0 Å². The fourth-order valence-corrected chi connectivity index (χ4v) is 6.35. The summed E-state index contributed by atoms with van der Waals surface area (Å²) in [6.07, 6.45) is 0. The highest BCUT2D eigenvalue weighted by atomic mass is 14.9. The van der Waals surface area contributed by atoms with Crippen molar-refractivity contribution in [2.75, 3.05) is 5.32 Å². The van der Waals surface area contributed by atoms with Gasteiger partial charge in [0.2, 0.25) is 0 Å². The first-order valence-corrected chi connectivity index (χ1v) is 15.4. The number of hydrogen-bond acceptors (Lipinski definition) is 1. The Morgan fingerprint density at radius 2 is 0.644 bits per heavy atom. The maximum Gasteiger partial charge on any atom is 0.0384 e. The van der Waals surface area contributed by atoms with E-state index in [1.807, 2.05) is 0 Å². The quantitative estimate of drug-likeness (QED) is 0.209. The summed E-state index contributed by atoms with van der Waals surface area (Å²) in [5, 5.41) is 8.66. The molecule has 0 aliphatic rings. The smallest absolute Gasteiger partial charge is 0.0384 e. The summed E-state index contributed by atoms with van der Waals surface area (Å²) in [6, 6.07) is 65.2. The van der Waals surface area contributed by atoms with Crippen LogP contribution in [0, 0.1) is 0 Å². The van der Waals surface area contributed by atoms with E-state index in [0.29, 0.717) is 0 Å². The van der Waals surface area contributed by atoms with E-state index in [0.717, 1.165) is 11.4 Å². The van der Waals surface area contributed by atoms with Gasteiger partial charge in [-0.2, -0.15) is 0 Å². The lowest BCUT2D eigenvalue weighted by Crippen LogP contribution is -1.90. The van der Waals surface area contributed by atoms with Crippen molar-refractivity contribution in [1.29, 1.82) is 0 Å². The molecule has 0 aromatic heterocycles. The number of nitrogens with one attached hydrogen (secondary N) is 1. The molecule has 8 aromatic rings. The number of fused-ring (bicyclic) bond motifs is 2. The molecular weight excluding hydrogens is 542 g/mol. The summed E-state index contributed by atoms with van der Waals surface area (Å²) in [4.78, 5) is 0. The first-order chi connectivity index (χ1) is 22.3. The third kappa shape index (κ3) is 5.37. The highest BCUT2D eigenvalue weighted by molar-refractivity contribution is 5.98. The highest BCUT2D eigenvalue weighted by Crippen LogP contribution is 2.34. The molecule has 0 aliphatic heterocycles. The van der Waals surface area contributed by atoms with Crippen LogP contribution in [0.4, 0.5) is 11.4 Å². The molecule has 1 N–H and O–H groups in total. The lowest BCUT2D eigenvalue weighted by Gasteiger charge is -2.12. The second-order valence-electron chi connectivity index (χ2n) is 11.5. The van der Waals surface area contributed by atoms with Crippen molar-refractivity contribution in [2.45, 2.75) is 0 Å². The lowest BCUT2D eigenvalue weighted by molar-refractivity contribution is 1.53.